The van der Waals surface area contributed by atoms with Crippen LogP contribution in [0.15, 0.2) is 65.4 Å². The molecule has 8 heteroatoms. The third-order valence-electron chi connectivity index (χ3n) is 4.73. The van der Waals surface area contributed by atoms with Gasteiger partial charge < -0.3 is 4.52 Å². The molecule has 0 saturated carbocycles. The topological polar surface area (TPSA) is 92.9 Å². The van der Waals surface area contributed by atoms with E-state index in [2.05, 4.69) is 26.2 Å². The molecule has 0 radical (unpaired) electrons. The minimum absolute atomic E-state index is 0.316. The van der Waals surface area contributed by atoms with Crippen LogP contribution in [-0.4, -0.2) is 24.5 Å². The van der Waals surface area contributed by atoms with Gasteiger partial charge in [0.2, 0.25) is 5.78 Å². The number of aromatic nitrogens is 5. The number of nitrogens with zero attached hydrogens (tertiary/aromatic N) is 6. The summed E-state index contributed by atoms with van der Waals surface area (Å²) in [5, 5.41) is 13.1. The van der Waals surface area contributed by atoms with Crippen LogP contribution in [0.3, 0.4) is 0 Å². The average molecular weight is 396 g/mol. The van der Waals surface area contributed by atoms with Crippen LogP contribution in [0.25, 0.3) is 39.7 Å². The van der Waals surface area contributed by atoms with Crippen LogP contribution in [0.2, 0.25) is 0 Å². The third kappa shape index (κ3) is 2.89. The van der Waals surface area contributed by atoms with Crippen LogP contribution in [0.1, 0.15) is 11.4 Å². The normalized spacial score (nSPS) is 11.0. The second-order valence-electron chi connectivity index (χ2n) is 6.62. The molecule has 0 aliphatic heterocycles. The van der Waals surface area contributed by atoms with Crippen molar-refractivity contribution in [2.75, 3.05) is 0 Å². The van der Waals surface area contributed by atoms with Gasteiger partial charge in [0.1, 0.15) is 11.5 Å². The van der Waals surface area contributed by atoms with E-state index in [1.165, 1.54) is 6.07 Å². The third-order valence-corrected chi connectivity index (χ3v) is 4.73. The summed E-state index contributed by atoms with van der Waals surface area (Å²) < 4.78 is 21.6. The Morgan fingerprint density at radius 2 is 1.93 bits per heavy atom. The van der Waals surface area contributed by atoms with Crippen LogP contribution in [0.4, 0.5) is 4.39 Å². The first-order chi connectivity index (χ1) is 14.6. The van der Waals surface area contributed by atoms with E-state index in [0.29, 0.717) is 39.9 Å². The van der Waals surface area contributed by atoms with Crippen LogP contribution in [0.5, 0.6) is 0 Å². The lowest BCUT2D eigenvalue weighted by atomic mass is 9.97. The molecular weight excluding hydrogens is 383 g/mol. The Bertz CT molecular complexity index is 1450. The molecule has 0 aliphatic rings. The van der Waals surface area contributed by atoms with Gasteiger partial charge in [-0.15, -0.1) is 0 Å². The predicted molar refractivity (Wildman–Crippen MR) is 107 cm³/mol. The monoisotopic (exact) mass is 396 g/mol. The molecule has 30 heavy (non-hydrogen) atoms. The Hall–Kier alpha value is -4.38. The van der Waals surface area contributed by atoms with Gasteiger partial charge in [0.05, 0.1) is 23.5 Å². The van der Waals surface area contributed by atoms with Gasteiger partial charge in [-0.05, 0) is 37.3 Å². The molecule has 0 fully saturated rings. The predicted octanol–water partition coefficient (Wildman–Crippen LogP) is 4.43. The van der Waals surface area contributed by atoms with Crippen molar-refractivity contribution in [3.8, 4) is 40.0 Å². The van der Waals surface area contributed by atoms with Crippen molar-refractivity contribution in [3.05, 3.63) is 78.1 Å². The van der Waals surface area contributed by atoms with Gasteiger partial charge in [0.15, 0.2) is 5.82 Å². The maximum atomic E-state index is 14.6. The lowest BCUT2D eigenvalue weighted by molar-refractivity contribution is 0.424. The summed E-state index contributed by atoms with van der Waals surface area (Å²) in [6.07, 6.45) is 3.46. The van der Waals surface area contributed by atoms with E-state index in [1.807, 2.05) is 0 Å². The molecule has 0 bridgehead atoms. The summed E-state index contributed by atoms with van der Waals surface area (Å²) in [5.41, 5.74) is 3.30. The quantitative estimate of drug-likeness (QED) is 0.448. The lowest BCUT2D eigenvalue weighted by Crippen LogP contribution is -1.95. The Morgan fingerprint density at radius 1 is 1.07 bits per heavy atom. The number of aryl methyl sites for hydroxylation is 1. The van der Waals surface area contributed by atoms with Crippen molar-refractivity contribution >= 4 is 5.78 Å². The van der Waals surface area contributed by atoms with Gasteiger partial charge >= 0.3 is 0 Å². The van der Waals surface area contributed by atoms with E-state index in [9.17, 15) is 9.65 Å². The first-order valence-corrected chi connectivity index (χ1v) is 9.08. The van der Waals surface area contributed by atoms with Gasteiger partial charge in [-0.3, -0.25) is 4.40 Å². The number of benzene rings is 2. The second kappa shape index (κ2) is 6.90. The summed E-state index contributed by atoms with van der Waals surface area (Å²) in [6, 6.07) is 15.6. The zero-order valence-corrected chi connectivity index (χ0v) is 15.7. The fourth-order valence-electron chi connectivity index (χ4n) is 3.31. The maximum Gasteiger partial charge on any atom is 0.276 e. The molecule has 0 aliphatic carbocycles. The largest absolute Gasteiger partial charge is 0.332 e. The van der Waals surface area contributed by atoms with E-state index in [4.69, 9.17) is 4.52 Å². The molecule has 5 aromatic rings. The SMILES string of the molecule is Cc1noc(-c2ccn3c(-c4ccc(F)c(-c5ccccc5C#N)c4)cnc3n2)n1. The summed E-state index contributed by atoms with van der Waals surface area (Å²) in [7, 11) is 0. The fourth-order valence-corrected chi connectivity index (χ4v) is 3.31. The van der Waals surface area contributed by atoms with Crippen LogP contribution >= 0.6 is 0 Å². The second-order valence-corrected chi connectivity index (χ2v) is 6.62. The Kier molecular flexibility index (Phi) is 4.07. The molecule has 0 unspecified atom stereocenters. The van der Waals surface area contributed by atoms with Gasteiger partial charge in [-0.1, -0.05) is 23.4 Å². The Labute approximate surface area is 170 Å². The Balaban J connectivity index is 1.62. The molecule has 7 nitrogen and oxygen atoms in total. The number of imidazole rings is 1. The molecule has 5 rings (SSSR count). The van der Waals surface area contributed by atoms with Crippen LogP contribution in [0, 0.1) is 24.1 Å². The minimum atomic E-state index is -0.401. The van der Waals surface area contributed by atoms with E-state index >= 15 is 0 Å². The fraction of sp³-hybridized carbons (Fsp3) is 0.0455. The van der Waals surface area contributed by atoms with Crippen molar-refractivity contribution in [3.63, 3.8) is 0 Å². The highest BCUT2D eigenvalue weighted by atomic mass is 19.1. The van der Waals surface area contributed by atoms with Gasteiger partial charge in [0.25, 0.3) is 5.89 Å². The van der Waals surface area contributed by atoms with Crippen molar-refractivity contribution < 1.29 is 8.91 Å². The van der Waals surface area contributed by atoms with E-state index in [-0.39, 0.29) is 0 Å². The van der Waals surface area contributed by atoms with Crippen molar-refractivity contribution in [2.24, 2.45) is 0 Å². The smallest absolute Gasteiger partial charge is 0.276 e. The number of rotatable bonds is 3. The molecule has 2 aromatic carbocycles. The van der Waals surface area contributed by atoms with Crippen LogP contribution < -0.4 is 0 Å². The zero-order chi connectivity index (χ0) is 20.7. The van der Waals surface area contributed by atoms with Crippen molar-refractivity contribution in [1.82, 2.24) is 24.5 Å². The first-order valence-electron chi connectivity index (χ1n) is 9.08. The van der Waals surface area contributed by atoms with Gasteiger partial charge in [0, 0.05) is 22.9 Å². The lowest BCUT2D eigenvalue weighted by Gasteiger charge is -2.09. The number of hydrogen-bond donors (Lipinski definition) is 0. The van der Waals surface area contributed by atoms with E-state index in [1.54, 1.807) is 66.2 Å². The number of halogens is 1. The molecule has 0 saturated heterocycles. The molecule has 0 spiro atoms. The van der Waals surface area contributed by atoms with E-state index in [0.717, 1.165) is 11.3 Å². The highest BCUT2D eigenvalue weighted by Gasteiger charge is 2.15. The average Bonchev–Trinajstić information content (AvgIpc) is 3.40. The first kappa shape index (κ1) is 17.7. The number of hydrogen-bond acceptors (Lipinski definition) is 6. The van der Waals surface area contributed by atoms with E-state index < -0.39 is 5.82 Å². The number of fused-ring (bicyclic) bond motifs is 1. The molecule has 3 aromatic heterocycles. The van der Waals surface area contributed by atoms with Gasteiger partial charge in [-0.2, -0.15) is 10.2 Å². The van der Waals surface area contributed by atoms with Gasteiger partial charge in [-0.25, -0.2) is 14.4 Å². The van der Waals surface area contributed by atoms with Crippen molar-refractivity contribution in [2.45, 2.75) is 6.92 Å². The molecule has 144 valence electrons. The zero-order valence-electron chi connectivity index (χ0n) is 15.7. The van der Waals surface area contributed by atoms with Crippen LogP contribution in [-0.2, 0) is 0 Å². The van der Waals surface area contributed by atoms with Crippen molar-refractivity contribution in [1.29, 1.82) is 5.26 Å². The molecule has 3 heterocycles. The summed E-state index contributed by atoms with van der Waals surface area (Å²) in [5.74, 6) is 0.882. The number of nitriles is 1. The molecule has 0 N–H and O–H groups in total. The molecule has 0 atom stereocenters. The molecular formula is C22H13FN6O. The summed E-state index contributed by atoms with van der Waals surface area (Å²) in [4.78, 5) is 13.0. The summed E-state index contributed by atoms with van der Waals surface area (Å²) >= 11 is 0. The maximum absolute atomic E-state index is 14.6. The minimum Gasteiger partial charge on any atom is -0.332 e. The highest BCUT2D eigenvalue weighted by molar-refractivity contribution is 5.76. The molecule has 0 amide bonds. The standard InChI is InChI=1S/C22H13FN6O/c1-13-26-21(30-28-13)19-8-9-29-20(12-25-22(29)27-19)14-6-7-18(23)17(10-14)16-5-3-2-4-15(16)11-24/h2-10,12H,1H3. The highest BCUT2D eigenvalue weighted by Crippen LogP contribution is 2.31. The summed E-state index contributed by atoms with van der Waals surface area (Å²) in [6.45, 7) is 1.73. The Morgan fingerprint density at radius 3 is 2.73 bits per heavy atom.